The lowest BCUT2D eigenvalue weighted by Gasteiger charge is -2.12. The van der Waals surface area contributed by atoms with Crippen LogP contribution in [0.4, 0.5) is 0 Å². The van der Waals surface area contributed by atoms with Gasteiger partial charge in [0.2, 0.25) is 0 Å². The molecule has 21 heavy (non-hydrogen) atoms. The topological polar surface area (TPSA) is 61.4 Å². The molecule has 0 saturated carbocycles. The van der Waals surface area contributed by atoms with Gasteiger partial charge in [-0.3, -0.25) is 4.98 Å². The molecule has 0 amide bonds. The van der Waals surface area contributed by atoms with Crippen LogP contribution in [0, 0.1) is 11.3 Å². The van der Waals surface area contributed by atoms with Crippen LogP contribution in [0.3, 0.4) is 0 Å². The van der Waals surface area contributed by atoms with Crippen molar-refractivity contribution in [3.8, 4) is 6.07 Å². The maximum Gasteiger partial charge on any atom is 0.281 e. The molecule has 0 radical (unpaired) electrons. The van der Waals surface area contributed by atoms with Gasteiger partial charge in [-0.25, -0.2) is 9.98 Å². The molecule has 2 heterocycles. The highest BCUT2D eigenvalue weighted by Crippen LogP contribution is 2.28. The van der Waals surface area contributed by atoms with E-state index in [0.29, 0.717) is 5.69 Å². The summed E-state index contributed by atoms with van der Waals surface area (Å²) in [7, 11) is 0. The average molecular weight is 274 g/mol. The normalized spacial score (nSPS) is 20.0. The van der Waals surface area contributed by atoms with E-state index in [1.54, 1.807) is 18.5 Å². The molecule has 1 aliphatic heterocycles. The Bertz CT molecular complexity index is 713. The minimum Gasteiger partial charge on any atom is -0.255 e. The number of benzene rings is 1. The van der Waals surface area contributed by atoms with Gasteiger partial charge in [-0.15, -0.1) is 0 Å². The van der Waals surface area contributed by atoms with Gasteiger partial charge >= 0.3 is 0 Å². The minimum absolute atomic E-state index is 0.568. The van der Waals surface area contributed by atoms with Crippen molar-refractivity contribution < 1.29 is 0 Å². The monoisotopic (exact) mass is 274 g/mol. The molecule has 2 aromatic rings. The molecule has 3 rings (SSSR count). The molecule has 0 N–H and O–H groups in total. The van der Waals surface area contributed by atoms with Crippen molar-refractivity contribution in [2.24, 2.45) is 9.98 Å². The van der Waals surface area contributed by atoms with Gasteiger partial charge in [0.25, 0.3) is 5.66 Å². The molecule has 0 spiro atoms. The number of aryl methyl sites for hydroxylation is 1. The molecule has 0 bridgehead atoms. The Morgan fingerprint density at radius 1 is 1.00 bits per heavy atom. The summed E-state index contributed by atoms with van der Waals surface area (Å²) in [5.41, 5.74) is 1.46. The SMILES string of the molecule is N#CC1(c2ccccn2)N=CC(CCc2ccccc2)=N1. The van der Waals surface area contributed by atoms with Crippen LogP contribution in [0.2, 0.25) is 0 Å². The van der Waals surface area contributed by atoms with Gasteiger partial charge in [-0.1, -0.05) is 36.4 Å². The van der Waals surface area contributed by atoms with Crippen LogP contribution in [0.15, 0.2) is 64.7 Å². The molecule has 0 fully saturated rings. The number of aliphatic imine (C=N–C) groups is 2. The molecule has 4 nitrogen and oxygen atoms in total. The minimum atomic E-state index is -1.20. The van der Waals surface area contributed by atoms with Crippen molar-refractivity contribution in [2.45, 2.75) is 18.5 Å². The standard InChI is InChI=1S/C17H14N4/c18-13-17(16-8-4-5-11-19-16)20-12-15(21-17)10-9-14-6-2-1-3-7-14/h1-8,11-12H,9-10H2. The summed E-state index contributed by atoms with van der Waals surface area (Å²) in [6.45, 7) is 0. The van der Waals surface area contributed by atoms with Gasteiger partial charge in [0, 0.05) is 12.4 Å². The first-order valence-electron chi connectivity index (χ1n) is 6.83. The molecule has 0 saturated heterocycles. The Morgan fingerprint density at radius 2 is 1.81 bits per heavy atom. The number of hydrogen-bond donors (Lipinski definition) is 0. The predicted octanol–water partition coefficient (Wildman–Crippen LogP) is 2.92. The summed E-state index contributed by atoms with van der Waals surface area (Å²) < 4.78 is 0. The predicted molar refractivity (Wildman–Crippen MR) is 82.2 cm³/mol. The molecule has 1 aromatic carbocycles. The summed E-state index contributed by atoms with van der Waals surface area (Å²) >= 11 is 0. The highest BCUT2D eigenvalue weighted by molar-refractivity contribution is 6.32. The van der Waals surface area contributed by atoms with Crippen molar-refractivity contribution in [2.75, 3.05) is 0 Å². The van der Waals surface area contributed by atoms with E-state index in [1.165, 1.54) is 5.56 Å². The van der Waals surface area contributed by atoms with Gasteiger partial charge in [0.1, 0.15) is 11.8 Å². The fourth-order valence-corrected chi connectivity index (χ4v) is 2.27. The number of hydrogen-bond acceptors (Lipinski definition) is 4. The Morgan fingerprint density at radius 3 is 2.52 bits per heavy atom. The van der Waals surface area contributed by atoms with Crippen LogP contribution < -0.4 is 0 Å². The van der Waals surface area contributed by atoms with Crippen molar-refractivity contribution in [1.29, 1.82) is 5.26 Å². The zero-order valence-electron chi connectivity index (χ0n) is 11.5. The first-order chi connectivity index (χ1) is 10.3. The molecule has 1 aromatic heterocycles. The second-order valence-electron chi connectivity index (χ2n) is 4.85. The van der Waals surface area contributed by atoms with E-state index in [9.17, 15) is 5.26 Å². The first-order valence-corrected chi connectivity index (χ1v) is 6.83. The Balaban J connectivity index is 1.78. The fraction of sp³-hybridized carbons (Fsp3) is 0.176. The largest absolute Gasteiger partial charge is 0.281 e. The van der Waals surface area contributed by atoms with Gasteiger partial charge < -0.3 is 0 Å². The lowest BCUT2D eigenvalue weighted by Crippen LogP contribution is -2.18. The maximum atomic E-state index is 9.46. The third-order valence-electron chi connectivity index (χ3n) is 3.40. The summed E-state index contributed by atoms with van der Waals surface area (Å²) in [6.07, 6.45) is 5.00. The lowest BCUT2D eigenvalue weighted by molar-refractivity contribution is 0.608. The van der Waals surface area contributed by atoms with Crippen molar-refractivity contribution >= 4 is 11.9 Å². The first kappa shape index (κ1) is 13.2. The Kier molecular flexibility index (Phi) is 3.57. The Hall–Kier alpha value is -2.80. The summed E-state index contributed by atoms with van der Waals surface area (Å²) in [5.74, 6) is 0. The van der Waals surface area contributed by atoms with E-state index in [1.807, 2.05) is 30.3 Å². The summed E-state index contributed by atoms with van der Waals surface area (Å²) in [5, 5.41) is 9.46. The zero-order valence-corrected chi connectivity index (χ0v) is 11.5. The second kappa shape index (κ2) is 5.68. The summed E-state index contributed by atoms with van der Waals surface area (Å²) in [6, 6.07) is 17.8. The maximum absolute atomic E-state index is 9.46. The van der Waals surface area contributed by atoms with E-state index < -0.39 is 5.66 Å². The van der Waals surface area contributed by atoms with E-state index in [4.69, 9.17) is 0 Å². The second-order valence-corrected chi connectivity index (χ2v) is 4.85. The average Bonchev–Trinajstić information content (AvgIpc) is 3.00. The van der Waals surface area contributed by atoms with Crippen molar-refractivity contribution in [3.05, 3.63) is 66.0 Å². The van der Waals surface area contributed by atoms with E-state index >= 15 is 0 Å². The number of nitrogens with zero attached hydrogens (tertiary/aromatic N) is 4. The third kappa shape index (κ3) is 2.72. The van der Waals surface area contributed by atoms with Gasteiger partial charge in [-0.05, 0) is 30.5 Å². The molecular formula is C17H14N4. The van der Waals surface area contributed by atoms with Crippen molar-refractivity contribution in [1.82, 2.24) is 4.98 Å². The molecule has 1 atom stereocenters. The fourth-order valence-electron chi connectivity index (χ4n) is 2.27. The number of pyridine rings is 1. The van der Waals surface area contributed by atoms with E-state index in [2.05, 4.69) is 33.2 Å². The van der Waals surface area contributed by atoms with Crippen LogP contribution in [0.5, 0.6) is 0 Å². The highest BCUT2D eigenvalue weighted by atomic mass is 15.1. The van der Waals surface area contributed by atoms with Crippen LogP contribution >= 0.6 is 0 Å². The Labute approximate surface area is 123 Å². The number of aromatic nitrogens is 1. The molecule has 4 heteroatoms. The molecule has 1 unspecified atom stereocenters. The van der Waals surface area contributed by atoms with E-state index in [0.717, 1.165) is 18.6 Å². The highest BCUT2D eigenvalue weighted by Gasteiger charge is 2.35. The third-order valence-corrected chi connectivity index (χ3v) is 3.40. The summed E-state index contributed by atoms with van der Waals surface area (Å²) in [4.78, 5) is 13.0. The smallest absolute Gasteiger partial charge is 0.255 e. The molecular weight excluding hydrogens is 260 g/mol. The van der Waals surface area contributed by atoms with Crippen molar-refractivity contribution in [3.63, 3.8) is 0 Å². The van der Waals surface area contributed by atoms with Gasteiger partial charge in [0.05, 0.1) is 5.71 Å². The zero-order chi connectivity index (χ0) is 14.5. The number of rotatable bonds is 4. The lowest BCUT2D eigenvalue weighted by atomic mass is 10.1. The van der Waals surface area contributed by atoms with Crippen LogP contribution in [-0.4, -0.2) is 16.9 Å². The molecule has 0 aliphatic carbocycles. The number of nitriles is 1. The van der Waals surface area contributed by atoms with Crippen LogP contribution in [0.25, 0.3) is 0 Å². The van der Waals surface area contributed by atoms with Crippen LogP contribution in [0.1, 0.15) is 17.7 Å². The molecule has 102 valence electrons. The quantitative estimate of drug-likeness (QED) is 0.860. The van der Waals surface area contributed by atoms with E-state index in [-0.39, 0.29) is 0 Å². The van der Waals surface area contributed by atoms with Gasteiger partial charge in [-0.2, -0.15) is 5.26 Å². The van der Waals surface area contributed by atoms with Crippen LogP contribution in [-0.2, 0) is 12.1 Å². The molecule has 1 aliphatic rings. The van der Waals surface area contributed by atoms with Gasteiger partial charge in [0.15, 0.2) is 0 Å².